The van der Waals surface area contributed by atoms with Crippen molar-refractivity contribution in [3.05, 3.63) is 107 Å². The molecule has 10 nitrogen and oxygen atoms in total. The lowest BCUT2D eigenvalue weighted by Gasteiger charge is -2.15. The van der Waals surface area contributed by atoms with Gasteiger partial charge in [0.25, 0.3) is 6.20 Å². The molecule has 4 aromatic rings. The van der Waals surface area contributed by atoms with Crippen LogP contribution < -0.4 is 14.2 Å². The number of aromatic nitrogens is 2. The van der Waals surface area contributed by atoms with E-state index in [-0.39, 0.29) is 36.5 Å². The number of amides is 1. The summed E-state index contributed by atoms with van der Waals surface area (Å²) in [6.07, 6.45) is 1.96. The summed E-state index contributed by atoms with van der Waals surface area (Å²) < 4.78 is 22.5. The smallest absolute Gasteiger partial charge is 0.376 e. The lowest BCUT2D eigenvalue weighted by molar-refractivity contribution is -0.906. The molecule has 200 valence electrons. The second kappa shape index (κ2) is 11.7. The minimum absolute atomic E-state index is 0.0109. The number of pyridine rings is 1. The summed E-state index contributed by atoms with van der Waals surface area (Å²) in [5.41, 5.74) is 2.49. The number of nitrogens with zero attached hydrogens (tertiary/aromatic N) is 3. The maximum atomic E-state index is 13.5. The van der Waals surface area contributed by atoms with Crippen molar-refractivity contribution in [1.82, 2.24) is 10.1 Å². The van der Waals surface area contributed by atoms with Gasteiger partial charge in [-0.2, -0.15) is 0 Å². The van der Waals surface area contributed by atoms with Crippen LogP contribution in [0.5, 0.6) is 11.5 Å². The summed E-state index contributed by atoms with van der Waals surface area (Å²) in [4.78, 5) is 26.8. The molecule has 0 spiro atoms. The zero-order valence-electron chi connectivity index (χ0n) is 21.4. The van der Waals surface area contributed by atoms with Crippen LogP contribution in [0, 0.1) is 0 Å². The number of methoxy groups -OCH3 is 1. The highest BCUT2D eigenvalue weighted by Gasteiger charge is 2.36. The molecule has 0 bridgehead atoms. The van der Waals surface area contributed by atoms with Crippen LogP contribution in [0.2, 0.25) is 0 Å². The van der Waals surface area contributed by atoms with Gasteiger partial charge < -0.3 is 23.6 Å². The number of carbonyl (C=O) groups excluding carboxylic acids is 2. The van der Waals surface area contributed by atoms with Crippen LogP contribution in [-0.4, -0.2) is 47.3 Å². The molecule has 10 heteroatoms. The maximum absolute atomic E-state index is 13.5. The Morgan fingerprint density at radius 2 is 1.64 bits per heavy atom. The van der Waals surface area contributed by atoms with Crippen LogP contribution in [0.15, 0.2) is 83.5 Å². The Balaban J connectivity index is 1.34. The minimum Gasteiger partial charge on any atom is -0.484 e. The Hall–Kier alpha value is -4.86. The van der Waals surface area contributed by atoms with Gasteiger partial charge in [-0.3, -0.25) is 10.0 Å². The molecule has 2 aromatic heterocycles. The van der Waals surface area contributed by atoms with Crippen molar-refractivity contribution in [2.45, 2.75) is 25.6 Å². The third-order valence-electron chi connectivity index (χ3n) is 6.50. The third kappa shape index (κ3) is 6.01. The standard InChI is InChI=1S/C29H28N3O7/c1-36-29(34)26-14-23(30-39-26)22-12-13-31(16-22)28(33)24-15-25(37-18-20-8-4-2-5-9-20)27(17-32(24)35)38-19-21-10-6-3-7-11-21/h2-11,14-15,17,22,35H,12-13,16,18-19H2,1H3/q+1/t22-/m1/s1. The number of hydrogen-bond acceptors (Lipinski definition) is 8. The highest BCUT2D eigenvalue weighted by atomic mass is 16.6. The van der Waals surface area contributed by atoms with E-state index in [1.165, 1.54) is 25.4 Å². The first-order valence-corrected chi connectivity index (χ1v) is 12.5. The molecule has 0 aliphatic carbocycles. The quantitative estimate of drug-likeness (QED) is 0.198. The molecule has 1 saturated heterocycles. The van der Waals surface area contributed by atoms with E-state index in [0.29, 0.717) is 36.7 Å². The number of carbonyl (C=O) groups is 2. The van der Waals surface area contributed by atoms with Crippen LogP contribution >= 0.6 is 0 Å². The number of benzene rings is 2. The highest BCUT2D eigenvalue weighted by molar-refractivity contribution is 5.91. The van der Waals surface area contributed by atoms with Gasteiger partial charge >= 0.3 is 17.6 Å². The van der Waals surface area contributed by atoms with E-state index in [0.717, 1.165) is 15.9 Å². The molecular weight excluding hydrogens is 502 g/mol. The van der Waals surface area contributed by atoms with Gasteiger partial charge in [0.05, 0.1) is 18.9 Å². The number of ether oxygens (including phenoxy) is 3. The molecule has 1 aliphatic heterocycles. The Morgan fingerprint density at radius 1 is 1.00 bits per heavy atom. The van der Waals surface area contributed by atoms with Gasteiger partial charge in [0.1, 0.15) is 13.2 Å². The van der Waals surface area contributed by atoms with Crippen molar-refractivity contribution in [1.29, 1.82) is 0 Å². The van der Waals surface area contributed by atoms with Crippen molar-refractivity contribution in [2.75, 3.05) is 20.2 Å². The van der Waals surface area contributed by atoms with E-state index in [9.17, 15) is 14.8 Å². The van der Waals surface area contributed by atoms with Crippen LogP contribution in [0.3, 0.4) is 0 Å². The molecule has 1 fully saturated rings. The minimum atomic E-state index is -0.612. The fourth-order valence-electron chi connectivity index (χ4n) is 4.38. The maximum Gasteiger partial charge on any atom is 0.376 e. The van der Waals surface area contributed by atoms with E-state index < -0.39 is 5.97 Å². The molecule has 2 aromatic carbocycles. The van der Waals surface area contributed by atoms with Crippen LogP contribution in [-0.2, 0) is 18.0 Å². The zero-order chi connectivity index (χ0) is 27.2. The molecule has 3 heterocycles. The van der Waals surface area contributed by atoms with Crippen molar-refractivity contribution in [3.8, 4) is 11.5 Å². The summed E-state index contributed by atoms with van der Waals surface area (Å²) in [5, 5.41) is 14.7. The van der Waals surface area contributed by atoms with Gasteiger partial charge in [-0.1, -0.05) is 65.8 Å². The molecule has 0 radical (unpaired) electrons. The lowest BCUT2D eigenvalue weighted by Crippen LogP contribution is -2.43. The monoisotopic (exact) mass is 530 g/mol. The second-order valence-electron chi connectivity index (χ2n) is 9.12. The Kier molecular flexibility index (Phi) is 7.72. The molecule has 1 atom stereocenters. The molecular formula is C29H28N3O7+. The van der Waals surface area contributed by atoms with Crippen molar-refractivity contribution in [3.63, 3.8) is 0 Å². The molecule has 39 heavy (non-hydrogen) atoms. The van der Waals surface area contributed by atoms with E-state index >= 15 is 0 Å². The van der Waals surface area contributed by atoms with Gasteiger partial charge in [-0.25, -0.2) is 4.79 Å². The molecule has 1 aliphatic rings. The fraction of sp³-hybridized carbons (Fsp3) is 0.241. The molecule has 0 saturated carbocycles. The Bertz CT molecular complexity index is 1440. The predicted molar refractivity (Wildman–Crippen MR) is 136 cm³/mol. The Labute approximate surface area is 224 Å². The second-order valence-corrected chi connectivity index (χ2v) is 9.12. The summed E-state index contributed by atoms with van der Waals surface area (Å²) in [6.45, 7) is 1.30. The number of hydrogen-bond donors (Lipinski definition) is 1. The largest absolute Gasteiger partial charge is 0.484 e. The predicted octanol–water partition coefficient (Wildman–Crippen LogP) is 3.77. The summed E-state index contributed by atoms with van der Waals surface area (Å²) in [6, 6.07) is 22.3. The SMILES string of the molecule is COC(=O)c1cc([C@@H]2CCN(C(=O)c3cc(OCc4ccccc4)c(OCc4ccccc4)c[n+]3O)C2)no1. The highest BCUT2D eigenvalue weighted by Crippen LogP contribution is 2.31. The third-order valence-corrected chi connectivity index (χ3v) is 6.50. The van der Waals surface area contributed by atoms with Gasteiger partial charge in [0.15, 0.2) is 5.75 Å². The number of likely N-dealkylation sites (tertiary alicyclic amines) is 1. The normalized spacial score (nSPS) is 14.7. The molecule has 5 rings (SSSR count). The van der Waals surface area contributed by atoms with E-state index in [1.807, 2.05) is 60.7 Å². The van der Waals surface area contributed by atoms with Gasteiger partial charge in [-0.05, 0) is 17.5 Å². The zero-order valence-corrected chi connectivity index (χ0v) is 21.4. The van der Waals surface area contributed by atoms with Crippen LogP contribution in [0.4, 0.5) is 0 Å². The molecule has 1 amide bonds. The van der Waals surface area contributed by atoms with Gasteiger partial charge in [0.2, 0.25) is 11.5 Å². The van der Waals surface area contributed by atoms with Crippen molar-refractivity contribution >= 4 is 11.9 Å². The summed E-state index contributed by atoms with van der Waals surface area (Å²) in [7, 11) is 1.26. The van der Waals surface area contributed by atoms with Gasteiger partial charge in [-0.15, -0.1) is 0 Å². The van der Waals surface area contributed by atoms with Crippen molar-refractivity contribution < 1.29 is 38.3 Å². The fourth-order valence-corrected chi connectivity index (χ4v) is 4.38. The van der Waals surface area contributed by atoms with E-state index in [4.69, 9.17) is 14.0 Å². The number of rotatable bonds is 9. The average molecular weight is 531 g/mol. The number of esters is 1. The van der Waals surface area contributed by atoms with Crippen LogP contribution in [0.25, 0.3) is 0 Å². The topological polar surface area (TPSA) is 115 Å². The first kappa shape index (κ1) is 25.8. The first-order valence-electron chi connectivity index (χ1n) is 12.5. The lowest BCUT2D eigenvalue weighted by atomic mass is 10.1. The molecule has 0 unspecified atom stereocenters. The van der Waals surface area contributed by atoms with Gasteiger partial charge in [0, 0.05) is 29.8 Å². The van der Waals surface area contributed by atoms with Crippen LogP contribution in [0.1, 0.15) is 50.2 Å². The first-order chi connectivity index (χ1) is 19.0. The van der Waals surface area contributed by atoms with E-state index in [1.54, 1.807) is 4.90 Å². The van der Waals surface area contributed by atoms with E-state index in [2.05, 4.69) is 9.89 Å². The molecule has 1 N–H and O–H groups in total. The summed E-state index contributed by atoms with van der Waals surface area (Å²) >= 11 is 0. The Morgan fingerprint density at radius 3 is 2.28 bits per heavy atom. The van der Waals surface area contributed by atoms with Crippen molar-refractivity contribution in [2.24, 2.45) is 0 Å². The summed E-state index contributed by atoms with van der Waals surface area (Å²) in [5.74, 6) is -0.471. The average Bonchev–Trinajstić information content (AvgIpc) is 3.66.